The van der Waals surface area contributed by atoms with Gasteiger partial charge in [0, 0.05) is 0 Å². The lowest BCUT2D eigenvalue weighted by Crippen LogP contribution is -2.11. The molecule has 0 amide bonds. The first-order chi connectivity index (χ1) is 7.47. The molecule has 0 saturated carbocycles. The Morgan fingerprint density at radius 1 is 1.62 bits per heavy atom. The summed E-state index contributed by atoms with van der Waals surface area (Å²) in [7, 11) is 0. The summed E-state index contributed by atoms with van der Waals surface area (Å²) in [4.78, 5) is 15.0. The molecule has 88 valence electrons. The van der Waals surface area contributed by atoms with E-state index in [9.17, 15) is 13.6 Å². The van der Waals surface area contributed by atoms with E-state index in [2.05, 4.69) is 4.98 Å². The zero-order valence-corrected chi connectivity index (χ0v) is 8.96. The number of aryl methyl sites for hydroxylation is 1. The maximum atomic E-state index is 12.5. The molecule has 0 aliphatic rings. The number of aromatic nitrogens is 1. The molecule has 1 heterocycles. The highest BCUT2D eigenvalue weighted by Crippen LogP contribution is 2.23. The number of hydrogen-bond donors (Lipinski definition) is 1. The van der Waals surface area contributed by atoms with Crippen molar-refractivity contribution >= 4 is 11.7 Å². The van der Waals surface area contributed by atoms with Crippen molar-refractivity contribution in [2.45, 2.75) is 20.3 Å². The van der Waals surface area contributed by atoms with Crippen LogP contribution < -0.4 is 5.73 Å². The second-order valence-electron chi connectivity index (χ2n) is 3.11. The normalized spacial score (nSPS) is 10.6. The number of rotatable bonds is 3. The van der Waals surface area contributed by atoms with Crippen LogP contribution in [-0.4, -0.2) is 17.6 Å². The van der Waals surface area contributed by atoms with Crippen molar-refractivity contribution in [3.8, 4) is 0 Å². The summed E-state index contributed by atoms with van der Waals surface area (Å²) in [5, 5.41) is 0. The molecule has 0 aromatic carbocycles. The van der Waals surface area contributed by atoms with Crippen LogP contribution in [0.1, 0.15) is 35.1 Å². The Balaban J connectivity index is 3.21. The van der Waals surface area contributed by atoms with Gasteiger partial charge in [-0.2, -0.15) is 0 Å². The van der Waals surface area contributed by atoms with Gasteiger partial charge in [0.1, 0.15) is 5.69 Å². The highest BCUT2D eigenvalue weighted by atomic mass is 19.3. The fraction of sp³-hybridized carbons (Fsp3) is 0.400. The Morgan fingerprint density at radius 3 is 2.75 bits per heavy atom. The van der Waals surface area contributed by atoms with Gasteiger partial charge >= 0.3 is 5.97 Å². The molecule has 0 spiro atoms. The van der Waals surface area contributed by atoms with E-state index in [1.54, 1.807) is 6.92 Å². The van der Waals surface area contributed by atoms with E-state index in [4.69, 9.17) is 10.5 Å². The predicted molar refractivity (Wildman–Crippen MR) is 54.3 cm³/mol. The lowest BCUT2D eigenvalue weighted by atomic mass is 10.1. The van der Waals surface area contributed by atoms with E-state index in [0.717, 1.165) is 6.07 Å². The molecule has 16 heavy (non-hydrogen) atoms. The summed E-state index contributed by atoms with van der Waals surface area (Å²) in [5.41, 5.74) is 5.30. The van der Waals surface area contributed by atoms with Gasteiger partial charge in [-0.3, -0.25) is 0 Å². The predicted octanol–water partition coefficient (Wildman–Crippen LogP) is 2.09. The number of nitrogens with two attached hydrogens (primary N) is 1. The molecule has 0 fully saturated rings. The maximum absolute atomic E-state index is 12.5. The van der Waals surface area contributed by atoms with Crippen LogP contribution in [0.3, 0.4) is 0 Å². The highest BCUT2D eigenvalue weighted by Gasteiger charge is 2.18. The second kappa shape index (κ2) is 4.87. The fourth-order valence-corrected chi connectivity index (χ4v) is 1.20. The first-order valence-electron chi connectivity index (χ1n) is 4.69. The van der Waals surface area contributed by atoms with Crippen LogP contribution in [0.25, 0.3) is 0 Å². The Labute approximate surface area is 91.4 Å². The number of esters is 1. The molecule has 1 aromatic heterocycles. The molecule has 0 bridgehead atoms. The highest BCUT2D eigenvalue weighted by molar-refractivity contribution is 5.95. The van der Waals surface area contributed by atoms with Crippen molar-refractivity contribution in [1.82, 2.24) is 4.98 Å². The van der Waals surface area contributed by atoms with Crippen LogP contribution in [0.5, 0.6) is 0 Å². The Kier molecular flexibility index (Phi) is 3.76. The number of anilines is 1. The van der Waals surface area contributed by atoms with Crippen molar-refractivity contribution in [2.24, 2.45) is 0 Å². The zero-order valence-electron chi connectivity index (χ0n) is 8.96. The van der Waals surface area contributed by atoms with Gasteiger partial charge in [0.15, 0.2) is 0 Å². The summed E-state index contributed by atoms with van der Waals surface area (Å²) in [6.45, 7) is 3.24. The lowest BCUT2D eigenvalue weighted by molar-refractivity contribution is 0.0527. The zero-order chi connectivity index (χ0) is 12.3. The first-order valence-corrected chi connectivity index (χ1v) is 4.69. The van der Waals surface area contributed by atoms with Crippen LogP contribution in [0.15, 0.2) is 6.07 Å². The molecule has 1 rings (SSSR count). The number of pyridine rings is 1. The van der Waals surface area contributed by atoms with Gasteiger partial charge in [-0.15, -0.1) is 0 Å². The molecule has 0 saturated heterocycles. The first kappa shape index (κ1) is 12.4. The molecule has 0 aliphatic carbocycles. The quantitative estimate of drug-likeness (QED) is 0.807. The fourth-order valence-electron chi connectivity index (χ4n) is 1.20. The van der Waals surface area contributed by atoms with Crippen LogP contribution in [-0.2, 0) is 4.74 Å². The largest absolute Gasteiger partial charge is 0.462 e. The van der Waals surface area contributed by atoms with Crippen molar-refractivity contribution in [1.29, 1.82) is 0 Å². The molecule has 6 heteroatoms. The van der Waals surface area contributed by atoms with Crippen LogP contribution in [0.2, 0.25) is 0 Å². The van der Waals surface area contributed by atoms with Crippen molar-refractivity contribution < 1.29 is 18.3 Å². The van der Waals surface area contributed by atoms with E-state index < -0.39 is 18.1 Å². The molecule has 1 aromatic rings. The summed E-state index contributed by atoms with van der Waals surface area (Å²) >= 11 is 0. The van der Waals surface area contributed by atoms with Crippen LogP contribution in [0.4, 0.5) is 14.5 Å². The van der Waals surface area contributed by atoms with Gasteiger partial charge in [0.05, 0.1) is 23.6 Å². The van der Waals surface area contributed by atoms with Crippen molar-refractivity contribution in [3.63, 3.8) is 0 Å². The monoisotopic (exact) mass is 230 g/mol. The Bertz CT molecular complexity index is 408. The van der Waals surface area contributed by atoms with E-state index in [-0.39, 0.29) is 23.6 Å². The summed E-state index contributed by atoms with van der Waals surface area (Å²) < 4.78 is 29.6. The third kappa shape index (κ3) is 2.44. The molecule has 0 radical (unpaired) electrons. The van der Waals surface area contributed by atoms with E-state index in [0.29, 0.717) is 0 Å². The van der Waals surface area contributed by atoms with Crippen LogP contribution in [0, 0.1) is 6.92 Å². The van der Waals surface area contributed by atoms with Gasteiger partial charge in [0.2, 0.25) is 0 Å². The summed E-state index contributed by atoms with van der Waals surface area (Å²) in [5.74, 6) is -0.715. The SMILES string of the molecule is CCOC(=O)c1cc(C(F)F)nc(C)c1N. The lowest BCUT2D eigenvalue weighted by Gasteiger charge is -2.09. The number of nitrogens with zero attached hydrogens (tertiary/aromatic N) is 1. The van der Waals surface area contributed by atoms with Crippen LogP contribution >= 0.6 is 0 Å². The smallest absolute Gasteiger partial charge is 0.340 e. The second-order valence-corrected chi connectivity index (χ2v) is 3.11. The maximum Gasteiger partial charge on any atom is 0.340 e. The third-order valence-corrected chi connectivity index (χ3v) is 1.99. The van der Waals surface area contributed by atoms with Gasteiger partial charge in [-0.05, 0) is 19.9 Å². The number of nitrogen functional groups attached to an aromatic ring is 1. The van der Waals surface area contributed by atoms with E-state index >= 15 is 0 Å². The molecule has 2 N–H and O–H groups in total. The van der Waals surface area contributed by atoms with Gasteiger partial charge in [-0.1, -0.05) is 0 Å². The number of halogens is 2. The molecule has 0 unspecified atom stereocenters. The standard InChI is InChI=1S/C10H12F2N2O2/c1-3-16-10(15)6-4-7(9(11)12)14-5(2)8(6)13/h4,9H,3,13H2,1-2H3. The molecule has 0 aliphatic heterocycles. The van der Waals surface area contributed by atoms with Crippen molar-refractivity contribution in [3.05, 3.63) is 23.0 Å². The Morgan fingerprint density at radius 2 is 2.25 bits per heavy atom. The summed E-state index contributed by atoms with van der Waals surface area (Å²) in [6, 6.07) is 0.963. The minimum absolute atomic E-state index is 0.0651. The van der Waals surface area contributed by atoms with Gasteiger partial charge in [0.25, 0.3) is 6.43 Å². The molecule has 0 atom stereocenters. The van der Waals surface area contributed by atoms with E-state index in [1.165, 1.54) is 6.92 Å². The minimum Gasteiger partial charge on any atom is -0.462 e. The number of alkyl halides is 2. The average molecular weight is 230 g/mol. The van der Waals surface area contributed by atoms with Gasteiger partial charge < -0.3 is 10.5 Å². The number of carbonyl (C=O) groups excluding carboxylic acids is 1. The Hall–Kier alpha value is -1.72. The molecular weight excluding hydrogens is 218 g/mol. The molecule has 4 nitrogen and oxygen atoms in total. The average Bonchev–Trinajstić information content (AvgIpc) is 2.21. The number of hydrogen-bond acceptors (Lipinski definition) is 4. The summed E-state index contributed by atoms with van der Waals surface area (Å²) in [6.07, 6.45) is -2.74. The van der Waals surface area contributed by atoms with Crippen molar-refractivity contribution in [2.75, 3.05) is 12.3 Å². The third-order valence-electron chi connectivity index (χ3n) is 1.99. The van der Waals surface area contributed by atoms with Gasteiger partial charge in [-0.25, -0.2) is 18.6 Å². The topological polar surface area (TPSA) is 65.2 Å². The van der Waals surface area contributed by atoms with E-state index in [1.807, 2.05) is 0 Å². The number of carbonyl (C=O) groups is 1. The molecular formula is C10H12F2N2O2. The minimum atomic E-state index is -2.74. The number of ether oxygens (including phenoxy) is 1.